The zero-order chi connectivity index (χ0) is 20.4. The minimum absolute atomic E-state index is 0.0511. The summed E-state index contributed by atoms with van der Waals surface area (Å²) >= 11 is 3.14. The first kappa shape index (κ1) is 19.7. The van der Waals surface area contributed by atoms with E-state index < -0.39 is 0 Å². The van der Waals surface area contributed by atoms with Crippen molar-refractivity contribution in [3.8, 4) is 10.6 Å². The summed E-state index contributed by atoms with van der Waals surface area (Å²) in [6.45, 7) is 5.18. The van der Waals surface area contributed by atoms with Gasteiger partial charge in [0.15, 0.2) is 5.13 Å². The minimum Gasteiger partial charge on any atom is -0.392 e. The highest BCUT2D eigenvalue weighted by Gasteiger charge is 2.19. The van der Waals surface area contributed by atoms with Gasteiger partial charge in [-0.15, -0.1) is 22.7 Å². The molecule has 3 aromatic rings. The van der Waals surface area contributed by atoms with Gasteiger partial charge >= 0.3 is 0 Å². The second-order valence-corrected chi connectivity index (χ2v) is 8.83. The lowest BCUT2D eigenvalue weighted by molar-refractivity contribution is 0.0766. The summed E-state index contributed by atoms with van der Waals surface area (Å²) < 4.78 is 0. The molecule has 0 saturated carbocycles. The number of anilines is 2. The predicted octanol–water partition coefficient (Wildman–Crippen LogP) is 3.79. The minimum atomic E-state index is -0.0511. The van der Waals surface area contributed by atoms with Crippen LogP contribution in [0.2, 0.25) is 0 Å². The number of rotatable bonds is 5. The van der Waals surface area contributed by atoms with E-state index in [0.29, 0.717) is 30.9 Å². The molecule has 0 bridgehead atoms. The van der Waals surface area contributed by atoms with Crippen LogP contribution >= 0.6 is 22.7 Å². The summed E-state index contributed by atoms with van der Waals surface area (Å²) in [5.74, 6) is 0.589. The Morgan fingerprint density at radius 2 is 2.17 bits per heavy atom. The normalized spacial score (nSPS) is 14.0. The quantitative estimate of drug-likeness (QED) is 0.602. The standard InChI is InChI=1S/C20H21N5O2S2/c1-12-18(29-13(2)22-12)16-11-28-20(23-16)24-17-4-3-15(9-21-17)19(27)25-7-5-14(10-26)6-8-25/h3-5,9,11,26H,6-8,10H2,1-2H3,(H,21,23,24). The molecule has 0 aromatic carbocycles. The van der Waals surface area contributed by atoms with Crippen LogP contribution in [0.1, 0.15) is 27.5 Å². The van der Waals surface area contributed by atoms with Gasteiger partial charge in [-0.05, 0) is 38.0 Å². The lowest BCUT2D eigenvalue weighted by Gasteiger charge is -2.26. The molecule has 1 amide bonds. The van der Waals surface area contributed by atoms with Gasteiger partial charge in [-0.1, -0.05) is 6.08 Å². The summed E-state index contributed by atoms with van der Waals surface area (Å²) in [6.07, 6.45) is 4.21. The zero-order valence-corrected chi connectivity index (χ0v) is 17.8. The molecule has 150 valence electrons. The molecule has 2 N–H and O–H groups in total. The Hall–Kier alpha value is -2.62. The van der Waals surface area contributed by atoms with Crippen molar-refractivity contribution in [3.63, 3.8) is 0 Å². The Bertz CT molecular complexity index is 1060. The summed E-state index contributed by atoms with van der Waals surface area (Å²) in [5, 5.41) is 16.1. The highest BCUT2D eigenvalue weighted by Crippen LogP contribution is 2.32. The van der Waals surface area contributed by atoms with E-state index in [-0.39, 0.29) is 12.5 Å². The average Bonchev–Trinajstić information content (AvgIpc) is 3.33. The number of carbonyl (C=O) groups excluding carboxylic acids is 1. The van der Waals surface area contributed by atoms with E-state index in [1.54, 1.807) is 34.6 Å². The molecule has 1 aliphatic heterocycles. The Kier molecular flexibility index (Phi) is 5.70. The number of nitrogens with zero attached hydrogens (tertiary/aromatic N) is 4. The molecule has 1 aliphatic rings. The van der Waals surface area contributed by atoms with Crippen molar-refractivity contribution < 1.29 is 9.90 Å². The number of nitrogens with one attached hydrogen (secondary N) is 1. The van der Waals surface area contributed by atoms with Gasteiger partial charge in [0.25, 0.3) is 5.91 Å². The molecule has 3 aromatic heterocycles. The van der Waals surface area contributed by atoms with Gasteiger partial charge < -0.3 is 15.3 Å². The van der Waals surface area contributed by atoms with E-state index in [1.807, 2.05) is 25.3 Å². The number of pyridine rings is 1. The number of aliphatic hydroxyl groups is 1. The maximum atomic E-state index is 12.6. The maximum absolute atomic E-state index is 12.6. The Morgan fingerprint density at radius 3 is 2.79 bits per heavy atom. The van der Waals surface area contributed by atoms with Gasteiger partial charge in [0.05, 0.1) is 33.4 Å². The molecule has 0 saturated heterocycles. The third-order valence-corrected chi connectivity index (χ3v) is 6.53. The molecule has 4 rings (SSSR count). The first-order valence-corrected chi connectivity index (χ1v) is 10.9. The molecule has 4 heterocycles. The average molecular weight is 428 g/mol. The number of hydrogen-bond acceptors (Lipinski definition) is 8. The maximum Gasteiger partial charge on any atom is 0.255 e. The van der Waals surface area contributed by atoms with Crippen LogP contribution in [0.3, 0.4) is 0 Å². The van der Waals surface area contributed by atoms with Gasteiger partial charge in [-0.25, -0.2) is 15.0 Å². The molecule has 9 heteroatoms. The first-order valence-electron chi connectivity index (χ1n) is 9.24. The van der Waals surface area contributed by atoms with E-state index in [4.69, 9.17) is 5.11 Å². The van der Waals surface area contributed by atoms with Crippen LogP contribution in [0.4, 0.5) is 10.9 Å². The summed E-state index contributed by atoms with van der Waals surface area (Å²) in [6, 6.07) is 3.56. The summed E-state index contributed by atoms with van der Waals surface area (Å²) in [4.78, 5) is 28.9. The smallest absolute Gasteiger partial charge is 0.255 e. The second-order valence-electron chi connectivity index (χ2n) is 6.76. The summed E-state index contributed by atoms with van der Waals surface area (Å²) in [7, 11) is 0. The predicted molar refractivity (Wildman–Crippen MR) is 116 cm³/mol. The van der Waals surface area contributed by atoms with Crippen molar-refractivity contribution in [2.24, 2.45) is 0 Å². The van der Waals surface area contributed by atoms with Crippen molar-refractivity contribution in [2.45, 2.75) is 20.3 Å². The fourth-order valence-electron chi connectivity index (χ4n) is 3.13. The Balaban J connectivity index is 1.42. The second kappa shape index (κ2) is 8.40. The molecule has 29 heavy (non-hydrogen) atoms. The van der Waals surface area contributed by atoms with Crippen LogP contribution in [0.25, 0.3) is 10.6 Å². The molecular weight excluding hydrogens is 406 g/mol. The molecule has 0 fully saturated rings. The van der Waals surface area contributed by atoms with Gasteiger partial charge in [-0.3, -0.25) is 4.79 Å². The van der Waals surface area contributed by atoms with Crippen LogP contribution in [-0.4, -0.2) is 50.6 Å². The van der Waals surface area contributed by atoms with Crippen LogP contribution in [-0.2, 0) is 0 Å². The van der Waals surface area contributed by atoms with E-state index >= 15 is 0 Å². The van der Waals surface area contributed by atoms with Crippen molar-refractivity contribution in [1.29, 1.82) is 0 Å². The highest BCUT2D eigenvalue weighted by atomic mass is 32.1. The monoisotopic (exact) mass is 427 g/mol. The SMILES string of the molecule is Cc1nc(C)c(-c2csc(Nc3ccc(C(=O)N4CC=C(CO)CC4)cn3)n2)s1. The van der Waals surface area contributed by atoms with Crippen molar-refractivity contribution >= 4 is 39.5 Å². The molecule has 0 atom stereocenters. The topological polar surface area (TPSA) is 91.2 Å². The van der Waals surface area contributed by atoms with Crippen molar-refractivity contribution in [1.82, 2.24) is 19.9 Å². The Labute approximate surface area is 176 Å². The third-order valence-electron chi connectivity index (χ3n) is 4.68. The number of thiazole rings is 2. The highest BCUT2D eigenvalue weighted by molar-refractivity contribution is 7.16. The molecule has 0 radical (unpaired) electrons. The molecular formula is C20H21N5O2S2. The number of aliphatic hydroxyl groups excluding tert-OH is 1. The first-order chi connectivity index (χ1) is 14.0. The molecule has 0 unspecified atom stereocenters. The fourth-order valence-corrected chi connectivity index (χ4v) is 4.79. The van der Waals surface area contributed by atoms with E-state index in [2.05, 4.69) is 20.3 Å². The number of carbonyl (C=O) groups is 1. The number of amides is 1. The zero-order valence-electron chi connectivity index (χ0n) is 16.2. The lowest BCUT2D eigenvalue weighted by Crippen LogP contribution is -2.35. The van der Waals surface area contributed by atoms with Crippen molar-refractivity contribution in [3.05, 3.63) is 51.6 Å². The molecule has 0 spiro atoms. The lowest BCUT2D eigenvalue weighted by atomic mass is 10.1. The molecule has 0 aliphatic carbocycles. The van der Waals surface area contributed by atoms with Gasteiger partial charge in [0.2, 0.25) is 0 Å². The summed E-state index contributed by atoms with van der Waals surface area (Å²) in [5.41, 5.74) is 3.43. The van der Waals surface area contributed by atoms with Crippen LogP contribution in [0.5, 0.6) is 0 Å². The van der Waals surface area contributed by atoms with Crippen LogP contribution in [0.15, 0.2) is 35.4 Å². The largest absolute Gasteiger partial charge is 0.392 e. The van der Waals surface area contributed by atoms with E-state index in [0.717, 1.165) is 32.0 Å². The van der Waals surface area contributed by atoms with E-state index in [1.165, 1.54) is 11.3 Å². The van der Waals surface area contributed by atoms with Gasteiger partial charge in [-0.2, -0.15) is 0 Å². The van der Waals surface area contributed by atoms with Crippen LogP contribution < -0.4 is 5.32 Å². The van der Waals surface area contributed by atoms with Gasteiger partial charge in [0.1, 0.15) is 5.82 Å². The van der Waals surface area contributed by atoms with Crippen molar-refractivity contribution in [2.75, 3.05) is 25.0 Å². The number of aromatic nitrogens is 3. The number of aryl methyl sites for hydroxylation is 2. The van der Waals surface area contributed by atoms with E-state index in [9.17, 15) is 4.79 Å². The van der Waals surface area contributed by atoms with Gasteiger partial charge in [0, 0.05) is 24.7 Å². The van der Waals surface area contributed by atoms with Crippen LogP contribution in [0, 0.1) is 13.8 Å². The Morgan fingerprint density at radius 1 is 1.31 bits per heavy atom. The fraction of sp³-hybridized carbons (Fsp3) is 0.300. The molecule has 7 nitrogen and oxygen atoms in total. The number of hydrogen-bond donors (Lipinski definition) is 2. The third kappa shape index (κ3) is 4.36.